The molecule has 4 rings (SSSR count). The molecule has 0 spiro atoms. The first kappa shape index (κ1) is 23.7. The van der Waals surface area contributed by atoms with Crippen molar-refractivity contribution >= 4 is 39.8 Å². The van der Waals surface area contributed by atoms with Crippen LogP contribution < -0.4 is 5.32 Å². The maximum absolute atomic E-state index is 13.7. The molecule has 0 aliphatic rings. The standard InChI is InChI=1S/C28H24ClNO3S/c1-3-33-28(32)25-23(21-14-16-22(29)17-15-21)18(2)34-27(25)30-26(31)24(19-10-6-4-7-11-19)20-12-8-5-9-13-20/h4-17,24H,3H2,1-2H3,(H,30,31). The highest BCUT2D eigenvalue weighted by atomic mass is 35.5. The van der Waals surface area contributed by atoms with E-state index in [-0.39, 0.29) is 12.5 Å². The topological polar surface area (TPSA) is 55.4 Å². The second-order valence-electron chi connectivity index (χ2n) is 7.71. The summed E-state index contributed by atoms with van der Waals surface area (Å²) in [5.41, 5.74) is 3.68. The molecule has 172 valence electrons. The van der Waals surface area contributed by atoms with E-state index in [4.69, 9.17) is 16.3 Å². The number of thiophene rings is 1. The quantitative estimate of drug-likeness (QED) is 0.276. The Morgan fingerprint density at radius 1 is 0.912 bits per heavy atom. The number of ether oxygens (including phenoxy) is 1. The summed E-state index contributed by atoms with van der Waals surface area (Å²) in [6.45, 7) is 3.93. The molecular formula is C28H24ClNO3S. The van der Waals surface area contributed by atoms with Gasteiger partial charge in [0, 0.05) is 15.5 Å². The van der Waals surface area contributed by atoms with Gasteiger partial charge in [-0.25, -0.2) is 4.79 Å². The zero-order valence-corrected chi connectivity index (χ0v) is 20.5. The summed E-state index contributed by atoms with van der Waals surface area (Å²) in [4.78, 5) is 27.6. The predicted molar refractivity (Wildman–Crippen MR) is 139 cm³/mol. The van der Waals surface area contributed by atoms with Crippen molar-refractivity contribution in [2.24, 2.45) is 0 Å². The SMILES string of the molecule is CCOC(=O)c1c(NC(=O)C(c2ccccc2)c2ccccc2)sc(C)c1-c1ccc(Cl)cc1. The van der Waals surface area contributed by atoms with Gasteiger partial charge in [-0.2, -0.15) is 0 Å². The average Bonchev–Trinajstić information content (AvgIpc) is 3.16. The molecule has 4 aromatic rings. The third-order valence-corrected chi connectivity index (χ3v) is 6.73. The van der Waals surface area contributed by atoms with E-state index in [9.17, 15) is 9.59 Å². The minimum Gasteiger partial charge on any atom is -0.462 e. The Morgan fingerprint density at radius 2 is 1.47 bits per heavy atom. The van der Waals surface area contributed by atoms with Crippen LogP contribution in [0.25, 0.3) is 11.1 Å². The summed E-state index contributed by atoms with van der Waals surface area (Å²) in [7, 11) is 0. The number of anilines is 1. The lowest BCUT2D eigenvalue weighted by molar-refractivity contribution is -0.116. The first-order valence-corrected chi connectivity index (χ1v) is 12.2. The molecular weight excluding hydrogens is 466 g/mol. The molecule has 4 nitrogen and oxygen atoms in total. The Bertz CT molecular complexity index is 1250. The van der Waals surface area contributed by atoms with Crippen molar-refractivity contribution in [1.82, 2.24) is 0 Å². The number of hydrogen-bond acceptors (Lipinski definition) is 4. The highest BCUT2D eigenvalue weighted by Gasteiger charge is 2.29. The summed E-state index contributed by atoms with van der Waals surface area (Å²) in [5, 5.41) is 4.12. The van der Waals surface area contributed by atoms with Crippen LogP contribution in [-0.4, -0.2) is 18.5 Å². The van der Waals surface area contributed by atoms with E-state index in [1.807, 2.05) is 79.7 Å². The molecule has 0 fully saturated rings. The van der Waals surface area contributed by atoms with Crippen molar-refractivity contribution in [2.75, 3.05) is 11.9 Å². The number of carbonyl (C=O) groups is 2. The van der Waals surface area contributed by atoms with Crippen LogP contribution in [0.1, 0.15) is 39.2 Å². The first-order chi connectivity index (χ1) is 16.5. The number of benzene rings is 3. The van der Waals surface area contributed by atoms with Gasteiger partial charge in [-0.1, -0.05) is 84.4 Å². The Labute approximate surface area is 208 Å². The summed E-state index contributed by atoms with van der Waals surface area (Å²) < 4.78 is 5.37. The van der Waals surface area contributed by atoms with Crippen LogP contribution >= 0.6 is 22.9 Å². The van der Waals surface area contributed by atoms with Crippen molar-refractivity contribution in [2.45, 2.75) is 19.8 Å². The third-order valence-electron chi connectivity index (χ3n) is 5.46. The number of aryl methyl sites for hydroxylation is 1. The van der Waals surface area contributed by atoms with Gasteiger partial charge in [0.25, 0.3) is 0 Å². The van der Waals surface area contributed by atoms with Crippen LogP contribution in [0.15, 0.2) is 84.9 Å². The van der Waals surface area contributed by atoms with Gasteiger partial charge in [-0.3, -0.25) is 4.79 Å². The maximum atomic E-state index is 13.7. The largest absolute Gasteiger partial charge is 0.462 e. The Morgan fingerprint density at radius 3 is 2.00 bits per heavy atom. The number of amides is 1. The van der Waals surface area contributed by atoms with Crippen LogP contribution in [0, 0.1) is 6.92 Å². The zero-order valence-electron chi connectivity index (χ0n) is 18.9. The second kappa shape index (κ2) is 10.7. The molecule has 0 unspecified atom stereocenters. The monoisotopic (exact) mass is 489 g/mol. The van der Waals surface area contributed by atoms with Crippen molar-refractivity contribution < 1.29 is 14.3 Å². The molecule has 0 bridgehead atoms. The van der Waals surface area contributed by atoms with Gasteiger partial charge in [0.15, 0.2) is 0 Å². The lowest BCUT2D eigenvalue weighted by Gasteiger charge is -2.18. The van der Waals surface area contributed by atoms with Crippen LogP contribution in [-0.2, 0) is 9.53 Å². The Balaban J connectivity index is 1.78. The molecule has 3 aromatic carbocycles. The third kappa shape index (κ3) is 5.06. The van der Waals surface area contributed by atoms with Crippen molar-refractivity contribution in [3.63, 3.8) is 0 Å². The zero-order chi connectivity index (χ0) is 24.1. The molecule has 6 heteroatoms. The van der Waals surface area contributed by atoms with Gasteiger partial charge in [-0.15, -0.1) is 11.3 Å². The number of esters is 1. The fraction of sp³-hybridized carbons (Fsp3) is 0.143. The van der Waals surface area contributed by atoms with Gasteiger partial charge in [0.2, 0.25) is 5.91 Å². The van der Waals surface area contributed by atoms with E-state index >= 15 is 0 Å². The summed E-state index contributed by atoms with van der Waals surface area (Å²) in [6.07, 6.45) is 0. The fourth-order valence-electron chi connectivity index (χ4n) is 3.97. The van der Waals surface area contributed by atoms with Crippen LogP contribution in [0.3, 0.4) is 0 Å². The summed E-state index contributed by atoms with van der Waals surface area (Å²) in [6, 6.07) is 26.5. The number of carbonyl (C=O) groups excluding carboxylic acids is 2. The van der Waals surface area contributed by atoms with Gasteiger partial charge in [0.05, 0.1) is 12.5 Å². The number of rotatable bonds is 7. The van der Waals surface area contributed by atoms with E-state index < -0.39 is 11.9 Å². The van der Waals surface area contributed by atoms with Gasteiger partial charge < -0.3 is 10.1 Å². The summed E-state index contributed by atoms with van der Waals surface area (Å²) in [5.74, 6) is -1.21. The average molecular weight is 490 g/mol. The molecule has 1 N–H and O–H groups in total. The van der Waals surface area contributed by atoms with Crippen LogP contribution in [0.4, 0.5) is 5.00 Å². The van der Waals surface area contributed by atoms with Crippen molar-refractivity contribution in [3.8, 4) is 11.1 Å². The first-order valence-electron chi connectivity index (χ1n) is 11.0. The smallest absolute Gasteiger partial charge is 0.341 e. The molecule has 0 aliphatic carbocycles. The minimum atomic E-state index is -0.529. The predicted octanol–water partition coefficient (Wildman–Crippen LogP) is 7.32. The number of hydrogen-bond donors (Lipinski definition) is 1. The summed E-state index contributed by atoms with van der Waals surface area (Å²) >= 11 is 7.43. The highest BCUT2D eigenvalue weighted by Crippen LogP contribution is 2.41. The van der Waals surface area contributed by atoms with E-state index in [1.54, 1.807) is 19.1 Å². The maximum Gasteiger partial charge on any atom is 0.341 e. The van der Waals surface area contributed by atoms with Crippen molar-refractivity contribution in [1.29, 1.82) is 0 Å². The van der Waals surface area contributed by atoms with E-state index in [0.29, 0.717) is 15.6 Å². The normalized spacial score (nSPS) is 10.8. The molecule has 0 aliphatic heterocycles. The lowest BCUT2D eigenvalue weighted by Crippen LogP contribution is -2.23. The molecule has 1 amide bonds. The second-order valence-corrected chi connectivity index (χ2v) is 9.37. The minimum absolute atomic E-state index is 0.216. The molecule has 1 aromatic heterocycles. The van der Waals surface area contributed by atoms with E-state index in [0.717, 1.165) is 27.1 Å². The fourth-order valence-corrected chi connectivity index (χ4v) is 5.16. The van der Waals surface area contributed by atoms with Crippen molar-refractivity contribution in [3.05, 3.63) is 112 Å². The molecule has 0 radical (unpaired) electrons. The molecule has 1 heterocycles. The van der Waals surface area contributed by atoms with E-state index in [1.165, 1.54) is 11.3 Å². The molecule has 0 atom stereocenters. The van der Waals surface area contributed by atoms with Gasteiger partial charge in [-0.05, 0) is 42.7 Å². The van der Waals surface area contributed by atoms with Gasteiger partial charge >= 0.3 is 5.97 Å². The molecule has 0 saturated heterocycles. The lowest BCUT2D eigenvalue weighted by atomic mass is 9.90. The molecule has 34 heavy (non-hydrogen) atoms. The van der Waals surface area contributed by atoms with Crippen LogP contribution in [0.2, 0.25) is 5.02 Å². The Hall–Kier alpha value is -3.41. The molecule has 0 saturated carbocycles. The van der Waals surface area contributed by atoms with Gasteiger partial charge in [0.1, 0.15) is 10.6 Å². The van der Waals surface area contributed by atoms with E-state index in [2.05, 4.69) is 5.32 Å². The number of halogens is 1. The van der Waals surface area contributed by atoms with Crippen LogP contribution in [0.5, 0.6) is 0 Å². The highest BCUT2D eigenvalue weighted by molar-refractivity contribution is 7.17. The number of nitrogens with one attached hydrogen (secondary N) is 1. The Kier molecular flexibility index (Phi) is 7.46.